The summed E-state index contributed by atoms with van der Waals surface area (Å²) in [6.07, 6.45) is 7.61. The second-order valence-corrected chi connectivity index (χ2v) is 6.03. The van der Waals surface area contributed by atoms with Gasteiger partial charge in [-0.25, -0.2) is 0 Å². The average molecular weight is 311 g/mol. The van der Waals surface area contributed by atoms with E-state index >= 15 is 0 Å². The highest BCUT2D eigenvalue weighted by molar-refractivity contribution is 6.33. The Morgan fingerprint density at radius 2 is 2.14 bits per heavy atom. The van der Waals surface area contributed by atoms with Gasteiger partial charge >= 0.3 is 0 Å². The zero-order chi connectivity index (χ0) is 15.2. The molecular formula is C16H23ClN2O2. The van der Waals surface area contributed by atoms with Crippen LogP contribution in [0.1, 0.15) is 48.9 Å². The monoisotopic (exact) mass is 310 g/mol. The maximum Gasteiger partial charge on any atom is 0.255 e. The summed E-state index contributed by atoms with van der Waals surface area (Å²) >= 11 is 5.97. The molecule has 1 aromatic carbocycles. The van der Waals surface area contributed by atoms with E-state index in [0.717, 1.165) is 12.3 Å². The molecule has 0 atom stereocenters. The highest BCUT2D eigenvalue weighted by Gasteiger charge is 2.16. The summed E-state index contributed by atoms with van der Waals surface area (Å²) in [5, 5.41) is 3.29. The van der Waals surface area contributed by atoms with Gasteiger partial charge in [0.1, 0.15) is 5.75 Å². The third-order valence-electron chi connectivity index (χ3n) is 4.11. The molecule has 21 heavy (non-hydrogen) atoms. The Kier molecular flexibility index (Phi) is 5.74. The third kappa shape index (κ3) is 4.27. The quantitative estimate of drug-likeness (QED) is 0.623. The molecule has 1 amide bonds. The fourth-order valence-electron chi connectivity index (χ4n) is 2.90. The number of methoxy groups -OCH3 is 1. The number of anilines is 1. The Labute approximate surface area is 131 Å². The molecule has 4 nitrogen and oxygen atoms in total. The predicted molar refractivity (Wildman–Crippen MR) is 85.9 cm³/mol. The van der Waals surface area contributed by atoms with Crippen LogP contribution < -0.4 is 15.8 Å². The Morgan fingerprint density at radius 1 is 1.43 bits per heavy atom. The van der Waals surface area contributed by atoms with Gasteiger partial charge in [-0.1, -0.05) is 37.3 Å². The minimum absolute atomic E-state index is 0.167. The van der Waals surface area contributed by atoms with Crippen LogP contribution in [0.5, 0.6) is 5.75 Å². The van der Waals surface area contributed by atoms with Crippen LogP contribution in [-0.2, 0) is 0 Å². The molecule has 0 unspecified atom stereocenters. The van der Waals surface area contributed by atoms with Gasteiger partial charge in [0.2, 0.25) is 0 Å². The van der Waals surface area contributed by atoms with Gasteiger partial charge < -0.3 is 15.8 Å². The Morgan fingerprint density at radius 3 is 2.81 bits per heavy atom. The van der Waals surface area contributed by atoms with Crippen molar-refractivity contribution in [2.45, 2.75) is 38.5 Å². The lowest BCUT2D eigenvalue weighted by Gasteiger charge is -2.12. The maximum atomic E-state index is 12.2. The van der Waals surface area contributed by atoms with Gasteiger partial charge in [-0.05, 0) is 24.8 Å². The Bertz CT molecular complexity index is 499. The van der Waals surface area contributed by atoms with Crippen LogP contribution >= 0.6 is 11.6 Å². The summed E-state index contributed by atoms with van der Waals surface area (Å²) in [5.74, 6) is 1.13. The predicted octanol–water partition coefficient (Wildman–Crippen LogP) is 3.63. The zero-order valence-electron chi connectivity index (χ0n) is 12.5. The van der Waals surface area contributed by atoms with Gasteiger partial charge in [-0.15, -0.1) is 0 Å². The van der Waals surface area contributed by atoms with Crippen LogP contribution in [0.3, 0.4) is 0 Å². The SMILES string of the molecule is COc1cc(N)c(Cl)cc1C(=O)NCCCC1CCCC1. The average Bonchev–Trinajstić information content (AvgIpc) is 2.99. The number of nitrogen functional groups attached to an aromatic ring is 1. The molecule has 2 rings (SSSR count). The number of hydrogen-bond acceptors (Lipinski definition) is 3. The number of nitrogens with one attached hydrogen (secondary N) is 1. The Hall–Kier alpha value is -1.42. The lowest BCUT2D eigenvalue weighted by Crippen LogP contribution is -2.25. The van der Waals surface area contributed by atoms with Crippen molar-refractivity contribution in [2.75, 3.05) is 19.4 Å². The number of ether oxygens (including phenoxy) is 1. The first-order valence-electron chi connectivity index (χ1n) is 7.53. The molecule has 0 aromatic heterocycles. The summed E-state index contributed by atoms with van der Waals surface area (Å²) in [6.45, 7) is 0.681. The van der Waals surface area contributed by atoms with E-state index < -0.39 is 0 Å². The second-order valence-electron chi connectivity index (χ2n) is 5.62. The minimum Gasteiger partial charge on any atom is -0.496 e. The fourth-order valence-corrected chi connectivity index (χ4v) is 3.07. The summed E-state index contributed by atoms with van der Waals surface area (Å²) < 4.78 is 5.19. The molecule has 1 saturated carbocycles. The smallest absolute Gasteiger partial charge is 0.255 e. The van der Waals surface area contributed by atoms with E-state index in [0.29, 0.717) is 28.6 Å². The first-order chi connectivity index (χ1) is 10.1. The highest BCUT2D eigenvalue weighted by atomic mass is 35.5. The molecule has 3 N–H and O–H groups in total. The van der Waals surface area contributed by atoms with Crippen LogP contribution in [0.4, 0.5) is 5.69 Å². The van der Waals surface area contributed by atoms with Gasteiger partial charge in [-0.3, -0.25) is 4.79 Å². The molecule has 1 aromatic rings. The fraction of sp³-hybridized carbons (Fsp3) is 0.562. The number of hydrogen-bond donors (Lipinski definition) is 2. The highest BCUT2D eigenvalue weighted by Crippen LogP contribution is 2.29. The maximum absolute atomic E-state index is 12.2. The summed E-state index contributed by atoms with van der Waals surface area (Å²) in [7, 11) is 1.51. The van der Waals surface area contributed by atoms with E-state index in [1.54, 1.807) is 12.1 Å². The standard InChI is InChI=1S/C16H23ClN2O2/c1-21-15-10-14(18)13(17)9-12(15)16(20)19-8-4-7-11-5-2-3-6-11/h9-11H,2-8,18H2,1H3,(H,19,20). The van der Waals surface area contributed by atoms with Gasteiger partial charge in [-0.2, -0.15) is 0 Å². The second kappa shape index (κ2) is 7.55. The molecule has 116 valence electrons. The van der Waals surface area contributed by atoms with Crippen LogP contribution in [0.2, 0.25) is 5.02 Å². The summed E-state index contributed by atoms with van der Waals surface area (Å²) in [6, 6.07) is 3.14. The third-order valence-corrected chi connectivity index (χ3v) is 4.44. The topological polar surface area (TPSA) is 64.3 Å². The van der Waals surface area contributed by atoms with Crippen molar-refractivity contribution >= 4 is 23.2 Å². The van der Waals surface area contributed by atoms with E-state index in [-0.39, 0.29) is 5.91 Å². The van der Waals surface area contributed by atoms with Crippen molar-refractivity contribution in [3.63, 3.8) is 0 Å². The number of benzene rings is 1. The normalized spacial score (nSPS) is 15.1. The van der Waals surface area contributed by atoms with Crippen LogP contribution in [0.25, 0.3) is 0 Å². The number of halogens is 1. The number of carbonyl (C=O) groups is 1. The van der Waals surface area contributed by atoms with Crippen molar-refractivity contribution in [1.82, 2.24) is 5.32 Å². The summed E-state index contributed by atoms with van der Waals surface area (Å²) in [4.78, 5) is 12.2. The molecule has 1 fully saturated rings. The van der Waals surface area contributed by atoms with Crippen molar-refractivity contribution in [3.05, 3.63) is 22.7 Å². The molecule has 0 spiro atoms. The molecule has 1 aliphatic carbocycles. The van der Waals surface area contributed by atoms with Gasteiger partial charge in [0, 0.05) is 12.6 Å². The van der Waals surface area contributed by atoms with E-state index in [1.807, 2.05) is 0 Å². The Balaban J connectivity index is 1.86. The van der Waals surface area contributed by atoms with E-state index in [2.05, 4.69) is 5.32 Å². The van der Waals surface area contributed by atoms with Crippen LogP contribution in [0.15, 0.2) is 12.1 Å². The molecule has 0 radical (unpaired) electrons. The van der Waals surface area contributed by atoms with Crippen LogP contribution in [0, 0.1) is 5.92 Å². The van der Waals surface area contributed by atoms with Crippen LogP contribution in [-0.4, -0.2) is 19.6 Å². The molecular weight excluding hydrogens is 288 g/mol. The van der Waals surface area contributed by atoms with Crippen molar-refractivity contribution < 1.29 is 9.53 Å². The first-order valence-corrected chi connectivity index (χ1v) is 7.91. The zero-order valence-corrected chi connectivity index (χ0v) is 13.2. The van der Waals surface area contributed by atoms with Gasteiger partial charge in [0.15, 0.2) is 0 Å². The van der Waals surface area contributed by atoms with Gasteiger partial charge in [0.25, 0.3) is 5.91 Å². The van der Waals surface area contributed by atoms with Gasteiger partial charge in [0.05, 0.1) is 23.4 Å². The molecule has 5 heteroatoms. The van der Waals surface area contributed by atoms with Crippen molar-refractivity contribution in [2.24, 2.45) is 5.92 Å². The molecule has 0 heterocycles. The number of carbonyl (C=O) groups excluding carboxylic acids is 1. The summed E-state index contributed by atoms with van der Waals surface area (Å²) in [5.41, 5.74) is 6.55. The number of rotatable bonds is 6. The molecule has 0 saturated heterocycles. The number of nitrogens with two attached hydrogens (primary N) is 1. The number of amides is 1. The minimum atomic E-state index is -0.167. The van der Waals surface area contributed by atoms with E-state index in [1.165, 1.54) is 39.2 Å². The first kappa shape index (κ1) is 16.0. The van der Waals surface area contributed by atoms with E-state index in [4.69, 9.17) is 22.1 Å². The lowest BCUT2D eigenvalue weighted by molar-refractivity contribution is 0.0949. The molecule has 0 aliphatic heterocycles. The molecule has 1 aliphatic rings. The molecule has 0 bridgehead atoms. The van der Waals surface area contributed by atoms with Crippen molar-refractivity contribution in [3.8, 4) is 5.75 Å². The lowest BCUT2D eigenvalue weighted by atomic mass is 10.0. The van der Waals surface area contributed by atoms with Crippen molar-refractivity contribution in [1.29, 1.82) is 0 Å². The van der Waals surface area contributed by atoms with E-state index in [9.17, 15) is 4.79 Å². The largest absolute Gasteiger partial charge is 0.496 e.